The molecule has 0 atom stereocenters. The summed E-state index contributed by atoms with van der Waals surface area (Å²) < 4.78 is 1.79. The molecule has 0 fully saturated rings. The summed E-state index contributed by atoms with van der Waals surface area (Å²) in [7, 11) is 0. The van der Waals surface area contributed by atoms with Crippen molar-refractivity contribution in [2.24, 2.45) is 0 Å². The van der Waals surface area contributed by atoms with Crippen molar-refractivity contribution < 1.29 is 10.0 Å². The number of anilines is 2. The standard InChI is InChI=1S/C24H21N5O2.C17H15N5O2/c1-16-23-21(26-13-18-7-8-20-19(11-18)9-10-25-20)12-22(30)29(24(23)28-15-27-16)31-14-17-5-3-2-4-6-17;1-10-16-14(7-15(23)22(24)17(16)21-9-20-10)19-8-11-2-3-13-12(6-11)4-5-18-13/h2-12,15,25-26H,13-14H2,1H3;2-7,9,18-19,24H,8H2,1H3. The van der Waals surface area contributed by atoms with Gasteiger partial charge in [0.2, 0.25) is 0 Å². The number of aryl methyl sites for hydroxylation is 2. The van der Waals surface area contributed by atoms with Gasteiger partial charge in [0.25, 0.3) is 11.1 Å². The third-order valence-electron chi connectivity index (χ3n) is 9.31. The summed E-state index contributed by atoms with van der Waals surface area (Å²) in [6.45, 7) is 5.08. The number of hydrogen-bond acceptors (Lipinski definition) is 10. The van der Waals surface area contributed by atoms with Crippen molar-refractivity contribution in [1.29, 1.82) is 0 Å². The van der Waals surface area contributed by atoms with Gasteiger partial charge in [-0.25, -0.2) is 19.9 Å². The van der Waals surface area contributed by atoms with Gasteiger partial charge in [-0.1, -0.05) is 42.5 Å². The topological polar surface area (TPSA) is 181 Å². The van der Waals surface area contributed by atoms with E-state index in [9.17, 15) is 14.8 Å². The molecule has 9 rings (SSSR count). The molecule has 9 aromatic rings. The van der Waals surface area contributed by atoms with Crippen molar-refractivity contribution in [2.45, 2.75) is 33.5 Å². The Labute approximate surface area is 313 Å². The second-order valence-electron chi connectivity index (χ2n) is 13.0. The van der Waals surface area contributed by atoms with Gasteiger partial charge in [0.1, 0.15) is 19.3 Å². The van der Waals surface area contributed by atoms with E-state index in [1.54, 1.807) is 6.07 Å². The molecule has 6 heterocycles. The van der Waals surface area contributed by atoms with Crippen LogP contribution in [0.15, 0.2) is 126 Å². The summed E-state index contributed by atoms with van der Waals surface area (Å²) in [6, 6.07) is 29.0. The lowest BCUT2D eigenvalue weighted by atomic mass is 10.1. The number of nitrogens with one attached hydrogen (secondary N) is 4. The Morgan fingerprint density at radius 2 is 1.18 bits per heavy atom. The summed E-state index contributed by atoms with van der Waals surface area (Å²) in [5.74, 6) is 0. The number of benzene rings is 3. The van der Waals surface area contributed by atoms with Gasteiger partial charge in [0.15, 0.2) is 11.3 Å². The molecule has 0 aliphatic heterocycles. The van der Waals surface area contributed by atoms with Crippen molar-refractivity contribution in [1.82, 2.24) is 39.4 Å². The van der Waals surface area contributed by atoms with Gasteiger partial charge < -0.3 is 30.6 Å². The van der Waals surface area contributed by atoms with Crippen LogP contribution in [-0.4, -0.2) is 44.6 Å². The van der Waals surface area contributed by atoms with Crippen LogP contribution in [0, 0.1) is 13.8 Å². The number of aromatic nitrogens is 8. The fourth-order valence-electron chi connectivity index (χ4n) is 6.52. The number of hydrogen-bond donors (Lipinski definition) is 5. The first-order valence-electron chi connectivity index (χ1n) is 17.5. The molecular formula is C41H36N10O4. The molecule has 55 heavy (non-hydrogen) atoms. The highest BCUT2D eigenvalue weighted by atomic mass is 16.7. The van der Waals surface area contributed by atoms with E-state index in [0.717, 1.165) is 49.6 Å². The van der Waals surface area contributed by atoms with Crippen molar-refractivity contribution in [2.75, 3.05) is 10.6 Å². The SMILES string of the molecule is Cc1ncnc2c1c(NCc1ccc3[nH]ccc3c1)cc(=O)n2O.Cc1ncnc2c1c(NCc1ccc3[nH]ccc3c1)cc(=O)n2OCc1ccccc1. The fourth-order valence-corrected chi connectivity index (χ4v) is 6.52. The van der Waals surface area contributed by atoms with Crippen LogP contribution in [-0.2, 0) is 19.7 Å². The molecule has 0 unspecified atom stereocenters. The van der Waals surface area contributed by atoms with Crippen LogP contribution in [0.3, 0.4) is 0 Å². The Kier molecular flexibility index (Phi) is 9.35. The van der Waals surface area contributed by atoms with E-state index in [1.165, 1.54) is 23.5 Å². The van der Waals surface area contributed by atoms with Crippen molar-refractivity contribution in [3.63, 3.8) is 0 Å². The Bertz CT molecular complexity index is 2930. The van der Waals surface area contributed by atoms with E-state index in [1.807, 2.05) is 86.9 Å². The van der Waals surface area contributed by atoms with E-state index in [0.29, 0.717) is 45.9 Å². The Balaban J connectivity index is 0.000000160. The Hall–Kier alpha value is -7.48. The molecule has 0 saturated carbocycles. The summed E-state index contributed by atoms with van der Waals surface area (Å²) >= 11 is 0. The van der Waals surface area contributed by atoms with E-state index >= 15 is 0 Å². The van der Waals surface area contributed by atoms with Crippen LogP contribution < -0.4 is 26.6 Å². The van der Waals surface area contributed by atoms with E-state index in [-0.39, 0.29) is 17.8 Å². The molecule has 0 saturated heterocycles. The van der Waals surface area contributed by atoms with E-state index in [2.05, 4.69) is 58.7 Å². The van der Waals surface area contributed by atoms with Crippen LogP contribution in [0.25, 0.3) is 43.9 Å². The molecule has 0 amide bonds. The molecule has 14 heteroatoms. The summed E-state index contributed by atoms with van der Waals surface area (Å²) in [5.41, 5.74) is 7.89. The maximum absolute atomic E-state index is 12.9. The highest BCUT2D eigenvalue weighted by Crippen LogP contribution is 2.25. The molecule has 3 aromatic carbocycles. The van der Waals surface area contributed by atoms with E-state index in [4.69, 9.17) is 4.84 Å². The Morgan fingerprint density at radius 1 is 0.636 bits per heavy atom. The molecule has 0 spiro atoms. The quantitative estimate of drug-likeness (QED) is 0.106. The van der Waals surface area contributed by atoms with Gasteiger partial charge in [-0.2, -0.15) is 0 Å². The zero-order valence-electron chi connectivity index (χ0n) is 29.9. The van der Waals surface area contributed by atoms with Gasteiger partial charge in [0, 0.05) is 48.6 Å². The number of aromatic amines is 2. The molecule has 14 nitrogen and oxygen atoms in total. The number of pyridine rings is 2. The fraction of sp³-hybridized carbons (Fsp3) is 0.122. The highest BCUT2D eigenvalue weighted by Gasteiger charge is 2.15. The van der Waals surface area contributed by atoms with Gasteiger partial charge in [-0.3, -0.25) is 9.59 Å². The average Bonchev–Trinajstić information content (AvgIpc) is 3.88. The molecule has 0 radical (unpaired) electrons. The zero-order chi connectivity index (χ0) is 37.9. The van der Waals surface area contributed by atoms with Gasteiger partial charge in [-0.05, 0) is 77.7 Å². The van der Waals surface area contributed by atoms with Crippen molar-refractivity contribution in [3.8, 4) is 0 Å². The highest BCUT2D eigenvalue weighted by molar-refractivity contribution is 5.91. The van der Waals surface area contributed by atoms with Crippen LogP contribution >= 0.6 is 0 Å². The maximum Gasteiger partial charge on any atom is 0.287 e. The number of fused-ring (bicyclic) bond motifs is 4. The first-order chi connectivity index (χ1) is 26.8. The predicted molar refractivity (Wildman–Crippen MR) is 212 cm³/mol. The largest absolute Gasteiger partial charge is 0.423 e. The second-order valence-corrected chi connectivity index (χ2v) is 13.0. The molecule has 5 N–H and O–H groups in total. The molecule has 0 bridgehead atoms. The number of H-pyrrole nitrogens is 2. The first kappa shape index (κ1) is 34.6. The first-order valence-corrected chi connectivity index (χ1v) is 17.5. The third-order valence-corrected chi connectivity index (χ3v) is 9.31. The minimum Gasteiger partial charge on any atom is -0.423 e. The molecular weight excluding hydrogens is 697 g/mol. The second kappa shape index (κ2) is 14.9. The minimum absolute atomic E-state index is 0.193. The normalized spacial score (nSPS) is 11.2. The summed E-state index contributed by atoms with van der Waals surface area (Å²) in [4.78, 5) is 53.8. The maximum atomic E-state index is 12.9. The monoisotopic (exact) mass is 732 g/mol. The molecule has 0 aliphatic carbocycles. The number of nitrogens with zero attached hydrogens (tertiary/aromatic N) is 6. The summed E-state index contributed by atoms with van der Waals surface area (Å²) in [6.07, 6.45) is 6.60. The summed E-state index contributed by atoms with van der Waals surface area (Å²) in [5, 5.41) is 20.2. The van der Waals surface area contributed by atoms with Crippen molar-refractivity contribution >= 4 is 55.2 Å². The zero-order valence-corrected chi connectivity index (χ0v) is 29.9. The average molecular weight is 733 g/mol. The van der Waals surface area contributed by atoms with Crippen LogP contribution in [0.2, 0.25) is 0 Å². The van der Waals surface area contributed by atoms with Gasteiger partial charge in [-0.15, -0.1) is 9.46 Å². The predicted octanol–water partition coefficient (Wildman–Crippen LogP) is 6.25. The lowest BCUT2D eigenvalue weighted by Crippen LogP contribution is -2.28. The molecule has 6 aromatic heterocycles. The lowest BCUT2D eigenvalue weighted by Gasteiger charge is -2.15. The minimum atomic E-state index is -0.538. The Morgan fingerprint density at radius 3 is 1.78 bits per heavy atom. The number of rotatable bonds is 9. The van der Waals surface area contributed by atoms with Crippen molar-refractivity contribution in [3.05, 3.63) is 165 Å². The third kappa shape index (κ3) is 7.15. The van der Waals surface area contributed by atoms with E-state index < -0.39 is 5.56 Å². The van der Waals surface area contributed by atoms with Crippen LogP contribution in [0.4, 0.5) is 11.4 Å². The smallest absolute Gasteiger partial charge is 0.287 e. The van der Waals surface area contributed by atoms with Gasteiger partial charge >= 0.3 is 0 Å². The molecule has 0 aliphatic rings. The van der Waals surface area contributed by atoms with Gasteiger partial charge in [0.05, 0.1) is 33.5 Å². The van der Waals surface area contributed by atoms with Crippen LogP contribution in [0.5, 0.6) is 0 Å². The lowest BCUT2D eigenvalue weighted by molar-refractivity contribution is 0.0979. The molecule has 274 valence electrons. The van der Waals surface area contributed by atoms with Crippen LogP contribution in [0.1, 0.15) is 28.1 Å².